The SMILES string of the molecule is CCCOc1cccc(C(=O)N2CCNCC2)c1.Cl. The van der Waals surface area contributed by atoms with Crippen LogP contribution in [-0.4, -0.2) is 43.6 Å². The molecule has 0 saturated carbocycles. The van der Waals surface area contributed by atoms with Gasteiger partial charge in [0.15, 0.2) is 0 Å². The van der Waals surface area contributed by atoms with E-state index in [1.165, 1.54) is 0 Å². The molecule has 1 fully saturated rings. The highest BCUT2D eigenvalue weighted by atomic mass is 35.5. The minimum Gasteiger partial charge on any atom is -0.494 e. The highest BCUT2D eigenvalue weighted by molar-refractivity contribution is 5.94. The number of rotatable bonds is 4. The first kappa shape index (κ1) is 15.8. The molecule has 1 saturated heterocycles. The Labute approximate surface area is 120 Å². The van der Waals surface area contributed by atoms with Gasteiger partial charge in [-0.15, -0.1) is 12.4 Å². The lowest BCUT2D eigenvalue weighted by Crippen LogP contribution is -2.46. The van der Waals surface area contributed by atoms with Crippen LogP contribution >= 0.6 is 12.4 Å². The van der Waals surface area contributed by atoms with E-state index in [0.717, 1.165) is 38.3 Å². The van der Waals surface area contributed by atoms with Crippen LogP contribution in [0, 0.1) is 0 Å². The van der Waals surface area contributed by atoms with E-state index in [9.17, 15) is 4.79 Å². The second-order valence-corrected chi connectivity index (χ2v) is 4.42. The van der Waals surface area contributed by atoms with Gasteiger partial charge in [0.25, 0.3) is 5.91 Å². The summed E-state index contributed by atoms with van der Waals surface area (Å²) in [5, 5.41) is 3.24. The van der Waals surface area contributed by atoms with Crippen LogP contribution in [0.1, 0.15) is 23.7 Å². The van der Waals surface area contributed by atoms with Crippen molar-refractivity contribution in [2.24, 2.45) is 0 Å². The van der Waals surface area contributed by atoms with Gasteiger partial charge in [0.05, 0.1) is 6.61 Å². The van der Waals surface area contributed by atoms with Crippen LogP contribution < -0.4 is 10.1 Å². The highest BCUT2D eigenvalue weighted by Crippen LogP contribution is 2.15. The van der Waals surface area contributed by atoms with Crippen molar-refractivity contribution in [2.45, 2.75) is 13.3 Å². The maximum atomic E-state index is 12.3. The predicted molar refractivity (Wildman–Crippen MR) is 78.2 cm³/mol. The molecule has 0 radical (unpaired) electrons. The molecule has 4 nitrogen and oxygen atoms in total. The van der Waals surface area contributed by atoms with Crippen LogP contribution in [0.4, 0.5) is 0 Å². The second-order valence-electron chi connectivity index (χ2n) is 4.42. The van der Waals surface area contributed by atoms with E-state index >= 15 is 0 Å². The van der Waals surface area contributed by atoms with E-state index in [2.05, 4.69) is 12.2 Å². The Morgan fingerprint density at radius 1 is 1.37 bits per heavy atom. The lowest BCUT2D eigenvalue weighted by molar-refractivity contribution is 0.0735. The summed E-state index contributed by atoms with van der Waals surface area (Å²) in [5.74, 6) is 0.872. The molecule has 2 rings (SSSR count). The summed E-state index contributed by atoms with van der Waals surface area (Å²) < 4.78 is 5.55. The number of hydrogen-bond donors (Lipinski definition) is 1. The summed E-state index contributed by atoms with van der Waals surface area (Å²) in [4.78, 5) is 14.2. The first-order valence-electron chi connectivity index (χ1n) is 6.54. The number of hydrogen-bond acceptors (Lipinski definition) is 3. The van der Waals surface area contributed by atoms with Crippen LogP contribution in [0.15, 0.2) is 24.3 Å². The Bertz CT molecular complexity index is 406. The topological polar surface area (TPSA) is 41.6 Å². The second kappa shape index (κ2) is 8.02. The normalized spacial score (nSPS) is 14.7. The molecule has 0 aliphatic carbocycles. The molecule has 1 amide bonds. The van der Waals surface area contributed by atoms with Gasteiger partial charge in [-0.25, -0.2) is 0 Å². The molecule has 1 heterocycles. The van der Waals surface area contributed by atoms with Crippen LogP contribution in [0.5, 0.6) is 5.75 Å². The number of nitrogens with zero attached hydrogens (tertiary/aromatic N) is 1. The van der Waals surface area contributed by atoms with Gasteiger partial charge in [-0.3, -0.25) is 4.79 Å². The molecular weight excluding hydrogens is 264 g/mol. The van der Waals surface area contributed by atoms with Crippen molar-refractivity contribution in [3.63, 3.8) is 0 Å². The summed E-state index contributed by atoms with van der Waals surface area (Å²) in [6, 6.07) is 7.45. The van der Waals surface area contributed by atoms with E-state index in [-0.39, 0.29) is 18.3 Å². The number of piperazine rings is 1. The lowest BCUT2D eigenvalue weighted by atomic mass is 10.1. The largest absolute Gasteiger partial charge is 0.494 e. The van der Waals surface area contributed by atoms with Crippen molar-refractivity contribution < 1.29 is 9.53 Å². The molecule has 1 aromatic carbocycles. The molecule has 0 spiro atoms. The molecule has 5 heteroatoms. The number of carbonyl (C=O) groups is 1. The third-order valence-corrected chi connectivity index (χ3v) is 2.96. The molecule has 106 valence electrons. The molecule has 0 aromatic heterocycles. The molecule has 1 aliphatic heterocycles. The molecule has 1 N–H and O–H groups in total. The third kappa shape index (κ3) is 4.40. The standard InChI is InChI=1S/C14H20N2O2.ClH/c1-2-10-18-13-5-3-4-12(11-13)14(17)16-8-6-15-7-9-16;/h3-5,11,15H,2,6-10H2,1H3;1H. The molecule has 0 unspecified atom stereocenters. The van der Waals surface area contributed by atoms with Gasteiger partial charge in [-0.2, -0.15) is 0 Å². The van der Waals surface area contributed by atoms with Crippen LogP contribution in [0.25, 0.3) is 0 Å². The van der Waals surface area contributed by atoms with Crippen molar-refractivity contribution in [1.29, 1.82) is 0 Å². The fourth-order valence-electron chi connectivity index (χ4n) is 1.99. The first-order chi connectivity index (χ1) is 8.81. The summed E-state index contributed by atoms with van der Waals surface area (Å²) in [6.45, 7) is 6.05. The Morgan fingerprint density at radius 2 is 2.11 bits per heavy atom. The Balaban J connectivity index is 0.00000180. The molecule has 0 bridgehead atoms. The van der Waals surface area contributed by atoms with Gasteiger partial charge < -0.3 is 15.0 Å². The number of carbonyl (C=O) groups excluding carboxylic acids is 1. The molecule has 1 aliphatic rings. The fourth-order valence-corrected chi connectivity index (χ4v) is 1.99. The maximum absolute atomic E-state index is 12.3. The Hall–Kier alpha value is -1.26. The summed E-state index contributed by atoms with van der Waals surface area (Å²) >= 11 is 0. The van der Waals surface area contributed by atoms with Crippen molar-refractivity contribution in [1.82, 2.24) is 10.2 Å². The monoisotopic (exact) mass is 284 g/mol. The van der Waals surface area contributed by atoms with Crippen LogP contribution in [0.3, 0.4) is 0 Å². The summed E-state index contributed by atoms with van der Waals surface area (Å²) in [6.07, 6.45) is 0.968. The van der Waals surface area contributed by atoms with Gasteiger partial charge in [-0.1, -0.05) is 13.0 Å². The van der Waals surface area contributed by atoms with Crippen molar-refractivity contribution in [3.8, 4) is 5.75 Å². The zero-order valence-electron chi connectivity index (χ0n) is 11.2. The Kier molecular flexibility index (Phi) is 6.67. The number of nitrogens with one attached hydrogen (secondary N) is 1. The lowest BCUT2D eigenvalue weighted by Gasteiger charge is -2.27. The number of halogens is 1. The van der Waals surface area contributed by atoms with Crippen molar-refractivity contribution >= 4 is 18.3 Å². The average Bonchev–Trinajstić information content (AvgIpc) is 2.45. The molecule has 19 heavy (non-hydrogen) atoms. The maximum Gasteiger partial charge on any atom is 0.254 e. The molecule has 1 aromatic rings. The van der Waals surface area contributed by atoms with Gasteiger partial charge in [-0.05, 0) is 24.6 Å². The summed E-state index contributed by atoms with van der Waals surface area (Å²) in [5.41, 5.74) is 0.713. The Morgan fingerprint density at radius 3 is 2.79 bits per heavy atom. The number of amides is 1. The highest BCUT2D eigenvalue weighted by Gasteiger charge is 2.17. The predicted octanol–water partition coefficient (Wildman–Crippen LogP) is 1.94. The van der Waals surface area contributed by atoms with Gasteiger partial charge in [0, 0.05) is 31.7 Å². The van der Waals surface area contributed by atoms with Crippen molar-refractivity contribution in [2.75, 3.05) is 32.8 Å². The smallest absolute Gasteiger partial charge is 0.254 e. The molecule has 0 atom stereocenters. The van der Waals surface area contributed by atoms with E-state index < -0.39 is 0 Å². The quantitative estimate of drug-likeness (QED) is 0.919. The van der Waals surface area contributed by atoms with Crippen molar-refractivity contribution in [3.05, 3.63) is 29.8 Å². The number of ether oxygens (including phenoxy) is 1. The van der Waals surface area contributed by atoms with Gasteiger partial charge in [0.1, 0.15) is 5.75 Å². The van der Waals surface area contributed by atoms with E-state index in [4.69, 9.17) is 4.74 Å². The zero-order chi connectivity index (χ0) is 12.8. The van der Waals surface area contributed by atoms with Crippen LogP contribution in [-0.2, 0) is 0 Å². The minimum absolute atomic E-state index is 0. The summed E-state index contributed by atoms with van der Waals surface area (Å²) in [7, 11) is 0. The van der Waals surface area contributed by atoms with Gasteiger partial charge >= 0.3 is 0 Å². The van der Waals surface area contributed by atoms with E-state index in [1.807, 2.05) is 29.2 Å². The van der Waals surface area contributed by atoms with Gasteiger partial charge in [0.2, 0.25) is 0 Å². The zero-order valence-corrected chi connectivity index (χ0v) is 12.0. The minimum atomic E-state index is 0. The number of benzene rings is 1. The fraction of sp³-hybridized carbons (Fsp3) is 0.500. The van der Waals surface area contributed by atoms with E-state index in [0.29, 0.717) is 12.2 Å². The van der Waals surface area contributed by atoms with E-state index in [1.54, 1.807) is 0 Å². The third-order valence-electron chi connectivity index (χ3n) is 2.96. The average molecular weight is 285 g/mol. The van der Waals surface area contributed by atoms with Crippen LogP contribution in [0.2, 0.25) is 0 Å². The molecular formula is C14H21ClN2O2. The first-order valence-corrected chi connectivity index (χ1v) is 6.54.